The Bertz CT molecular complexity index is 453. The highest BCUT2D eigenvalue weighted by Crippen LogP contribution is 2.24. The standard InChI is InChI=1S/C13H16BrClN2O/c1-16-10-3-2-6-17(8-10)13(18)9-4-5-12(15)11(14)7-9/h4-5,7,10,16H,2-3,6,8H2,1H3. The van der Waals surface area contributed by atoms with Crippen molar-refractivity contribution >= 4 is 33.4 Å². The Kier molecular flexibility index (Phi) is 4.65. The maximum absolute atomic E-state index is 12.4. The fraction of sp³-hybridized carbons (Fsp3) is 0.462. The van der Waals surface area contributed by atoms with Crippen LogP contribution in [0.4, 0.5) is 0 Å². The lowest BCUT2D eigenvalue weighted by atomic mass is 10.0. The molecule has 1 fully saturated rings. The van der Waals surface area contributed by atoms with Crippen LogP contribution in [0.25, 0.3) is 0 Å². The van der Waals surface area contributed by atoms with E-state index in [0.29, 0.717) is 16.6 Å². The van der Waals surface area contributed by atoms with E-state index in [-0.39, 0.29) is 5.91 Å². The van der Waals surface area contributed by atoms with Crippen LogP contribution in [0.1, 0.15) is 23.2 Å². The van der Waals surface area contributed by atoms with E-state index >= 15 is 0 Å². The van der Waals surface area contributed by atoms with Gasteiger partial charge in [0.25, 0.3) is 5.91 Å². The minimum Gasteiger partial charge on any atom is -0.337 e. The molecule has 0 spiro atoms. The molecule has 1 heterocycles. The van der Waals surface area contributed by atoms with Crippen molar-refractivity contribution in [3.63, 3.8) is 0 Å². The van der Waals surface area contributed by atoms with Gasteiger partial charge in [-0.3, -0.25) is 4.79 Å². The molecule has 2 rings (SSSR count). The fourth-order valence-corrected chi connectivity index (χ4v) is 2.71. The molecule has 0 aliphatic carbocycles. The van der Waals surface area contributed by atoms with E-state index in [0.717, 1.165) is 30.4 Å². The molecule has 1 aromatic rings. The molecule has 1 N–H and O–H groups in total. The van der Waals surface area contributed by atoms with Crippen LogP contribution in [0.2, 0.25) is 5.02 Å². The molecule has 0 saturated carbocycles. The van der Waals surface area contributed by atoms with Crippen molar-refractivity contribution < 1.29 is 4.79 Å². The number of hydrogen-bond acceptors (Lipinski definition) is 2. The molecular weight excluding hydrogens is 316 g/mol. The van der Waals surface area contributed by atoms with Crippen molar-refractivity contribution in [3.8, 4) is 0 Å². The summed E-state index contributed by atoms with van der Waals surface area (Å²) in [5, 5.41) is 3.86. The Balaban J connectivity index is 2.12. The summed E-state index contributed by atoms with van der Waals surface area (Å²) in [7, 11) is 1.94. The summed E-state index contributed by atoms with van der Waals surface area (Å²) in [5.74, 6) is 0.0762. The zero-order valence-corrected chi connectivity index (χ0v) is 12.6. The number of likely N-dealkylation sites (tertiary alicyclic amines) is 1. The summed E-state index contributed by atoms with van der Waals surface area (Å²) in [5.41, 5.74) is 0.683. The van der Waals surface area contributed by atoms with Crippen molar-refractivity contribution in [3.05, 3.63) is 33.3 Å². The van der Waals surface area contributed by atoms with E-state index in [4.69, 9.17) is 11.6 Å². The maximum atomic E-state index is 12.4. The van der Waals surface area contributed by atoms with Gasteiger partial charge >= 0.3 is 0 Å². The average Bonchev–Trinajstić information content (AvgIpc) is 2.41. The zero-order valence-electron chi connectivity index (χ0n) is 10.2. The number of carbonyl (C=O) groups excluding carboxylic acids is 1. The number of carbonyl (C=O) groups is 1. The lowest BCUT2D eigenvalue weighted by Crippen LogP contribution is -2.46. The second-order valence-corrected chi connectivity index (χ2v) is 5.77. The van der Waals surface area contributed by atoms with Crippen LogP contribution in [0.3, 0.4) is 0 Å². The van der Waals surface area contributed by atoms with Gasteiger partial charge in [0, 0.05) is 29.2 Å². The number of amides is 1. The van der Waals surface area contributed by atoms with Gasteiger partial charge in [0.15, 0.2) is 0 Å². The van der Waals surface area contributed by atoms with E-state index in [1.165, 1.54) is 0 Å². The first-order valence-corrected chi connectivity index (χ1v) is 7.20. The molecule has 18 heavy (non-hydrogen) atoms. The molecule has 1 aliphatic rings. The van der Waals surface area contributed by atoms with Crippen LogP contribution < -0.4 is 5.32 Å². The topological polar surface area (TPSA) is 32.3 Å². The van der Waals surface area contributed by atoms with Crippen LogP contribution in [-0.4, -0.2) is 37.0 Å². The second-order valence-electron chi connectivity index (χ2n) is 4.51. The second kappa shape index (κ2) is 6.04. The molecular formula is C13H16BrClN2O. The van der Waals surface area contributed by atoms with Crippen LogP contribution >= 0.6 is 27.5 Å². The van der Waals surface area contributed by atoms with Gasteiger partial charge in [-0.15, -0.1) is 0 Å². The summed E-state index contributed by atoms with van der Waals surface area (Å²) in [4.78, 5) is 14.3. The van der Waals surface area contributed by atoms with Crippen molar-refractivity contribution in [2.24, 2.45) is 0 Å². The van der Waals surface area contributed by atoms with E-state index in [2.05, 4.69) is 21.2 Å². The summed E-state index contributed by atoms with van der Waals surface area (Å²) in [6.07, 6.45) is 2.18. The molecule has 1 amide bonds. The van der Waals surface area contributed by atoms with Crippen LogP contribution in [-0.2, 0) is 0 Å². The Morgan fingerprint density at radius 1 is 1.56 bits per heavy atom. The molecule has 1 aromatic carbocycles. The first-order chi connectivity index (χ1) is 8.61. The zero-order chi connectivity index (χ0) is 13.1. The minimum absolute atomic E-state index is 0.0762. The summed E-state index contributed by atoms with van der Waals surface area (Å²) >= 11 is 9.28. The Labute approximate surface area is 121 Å². The maximum Gasteiger partial charge on any atom is 0.253 e. The molecule has 1 atom stereocenters. The molecule has 0 aromatic heterocycles. The van der Waals surface area contributed by atoms with Gasteiger partial charge in [-0.25, -0.2) is 0 Å². The molecule has 0 bridgehead atoms. The van der Waals surface area contributed by atoms with E-state index in [9.17, 15) is 4.79 Å². The van der Waals surface area contributed by atoms with Crippen LogP contribution in [0.15, 0.2) is 22.7 Å². The largest absolute Gasteiger partial charge is 0.337 e. The van der Waals surface area contributed by atoms with Gasteiger partial charge < -0.3 is 10.2 Å². The van der Waals surface area contributed by atoms with Crippen molar-refractivity contribution in [1.82, 2.24) is 10.2 Å². The number of nitrogens with zero attached hydrogens (tertiary/aromatic N) is 1. The number of piperidine rings is 1. The first kappa shape index (κ1) is 13.8. The van der Waals surface area contributed by atoms with Gasteiger partial charge in [0.05, 0.1) is 5.02 Å². The number of likely N-dealkylation sites (N-methyl/N-ethyl adjacent to an activating group) is 1. The SMILES string of the molecule is CNC1CCCN(C(=O)c2ccc(Cl)c(Br)c2)C1. The van der Waals surface area contributed by atoms with Gasteiger partial charge in [-0.2, -0.15) is 0 Å². The monoisotopic (exact) mass is 330 g/mol. The lowest BCUT2D eigenvalue weighted by Gasteiger charge is -2.32. The molecule has 0 radical (unpaired) electrons. The number of benzene rings is 1. The molecule has 3 nitrogen and oxygen atoms in total. The highest BCUT2D eigenvalue weighted by molar-refractivity contribution is 9.10. The van der Waals surface area contributed by atoms with E-state index in [1.807, 2.05) is 11.9 Å². The minimum atomic E-state index is 0.0762. The fourth-order valence-electron chi connectivity index (χ4n) is 2.21. The summed E-state index contributed by atoms with van der Waals surface area (Å²) in [6, 6.07) is 5.71. The van der Waals surface area contributed by atoms with E-state index in [1.54, 1.807) is 18.2 Å². The Morgan fingerprint density at radius 3 is 3.00 bits per heavy atom. The normalized spacial score (nSPS) is 19.9. The van der Waals surface area contributed by atoms with Gasteiger partial charge in [0.1, 0.15) is 0 Å². The van der Waals surface area contributed by atoms with Gasteiger partial charge in [-0.05, 0) is 54.0 Å². The molecule has 1 saturated heterocycles. The highest BCUT2D eigenvalue weighted by atomic mass is 79.9. The van der Waals surface area contributed by atoms with Crippen LogP contribution in [0.5, 0.6) is 0 Å². The molecule has 5 heteroatoms. The summed E-state index contributed by atoms with van der Waals surface area (Å²) in [6.45, 7) is 1.60. The highest BCUT2D eigenvalue weighted by Gasteiger charge is 2.23. The first-order valence-electron chi connectivity index (χ1n) is 6.03. The predicted molar refractivity (Wildman–Crippen MR) is 77.1 cm³/mol. The number of rotatable bonds is 2. The van der Waals surface area contributed by atoms with Crippen molar-refractivity contribution in [2.75, 3.05) is 20.1 Å². The Hall–Kier alpha value is -0.580. The van der Waals surface area contributed by atoms with Gasteiger partial charge in [-0.1, -0.05) is 11.6 Å². The average molecular weight is 332 g/mol. The lowest BCUT2D eigenvalue weighted by molar-refractivity contribution is 0.0698. The van der Waals surface area contributed by atoms with Crippen LogP contribution in [0, 0.1) is 0 Å². The molecule has 98 valence electrons. The van der Waals surface area contributed by atoms with Gasteiger partial charge in [0.2, 0.25) is 0 Å². The van der Waals surface area contributed by atoms with E-state index < -0.39 is 0 Å². The predicted octanol–water partition coefficient (Wildman–Crippen LogP) is 2.93. The Morgan fingerprint density at radius 2 is 2.33 bits per heavy atom. The summed E-state index contributed by atoms with van der Waals surface area (Å²) < 4.78 is 0.761. The number of halogens is 2. The smallest absolute Gasteiger partial charge is 0.253 e. The quantitative estimate of drug-likeness (QED) is 0.904. The van der Waals surface area contributed by atoms with Crippen molar-refractivity contribution in [1.29, 1.82) is 0 Å². The van der Waals surface area contributed by atoms with Crippen molar-refractivity contribution in [2.45, 2.75) is 18.9 Å². The third kappa shape index (κ3) is 3.05. The third-order valence-corrected chi connectivity index (χ3v) is 4.50. The molecule has 1 unspecified atom stereocenters. The number of hydrogen-bond donors (Lipinski definition) is 1. The number of nitrogens with one attached hydrogen (secondary N) is 1. The third-order valence-electron chi connectivity index (χ3n) is 3.28. The molecule has 1 aliphatic heterocycles.